The summed E-state index contributed by atoms with van der Waals surface area (Å²) in [6.45, 7) is 8.85. The quantitative estimate of drug-likeness (QED) is 0.245. The Labute approximate surface area is 225 Å². The van der Waals surface area contributed by atoms with Crippen LogP contribution in [0.1, 0.15) is 41.7 Å². The first kappa shape index (κ1) is 26.3. The minimum atomic E-state index is 0.201. The molecule has 3 heterocycles. The number of ether oxygens (including phenoxy) is 1. The van der Waals surface area contributed by atoms with E-state index in [2.05, 4.69) is 71.1 Å². The molecule has 1 amide bonds. The summed E-state index contributed by atoms with van der Waals surface area (Å²) in [4.78, 5) is 17.7. The highest BCUT2D eigenvalue weighted by Gasteiger charge is 2.17. The number of benzene rings is 2. The van der Waals surface area contributed by atoms with Gasteiger partial charge in [0.2, 0.25) is 5.91 Å². The number of rotatable bonds is 12. The van der Waals surface area contributed by atoms with Gasteiger partial charge in [-0.25, -0.2) is 0 Å². The lowest BCUT2D eigenvalue weighted by Crippen LogP contribution is -2.39. The molecule has 38 heavy (non-hydrogen) atoms. The Morgan fingerprint density at radius 1 is 0.947 bits per heavy atom. The normalized spacial score (nSPS) is 14.2. The largest absolute Gasteiger partial charge is 0.467 e. The van der Waals surface area contributed by atoms with E-state index in [1.165, 1.54) is 27.6 Å². The lowest BCUT2D eigenvalue weighted by atomic mass is 10.1. The van der Waals surface area contributed by atoms with Gasteiger partial charge in [-0.3, -0.25) is 9.69 Å². The van der Waals surface area contributed by atoms with E-state index in [1.807, 2.05) is 17.0 Å². The Balaban J connectivity index is 1.20. The van der Waals surface area contributed by atoms with Crippen LogP contribution in [0, 0.1) is 6.92 Å². The van der Waals surface area contributed by atoms with E-state index in [-0.39, 0.29) is 5.91 Å². The van der Waals surface area contributed by atoms with Crippen LogP contribution in [-0.4, -0.2) is 59.7 Å². The number of hydrogen-bond donors (Lipinski definition) is 0. The number of amides is 1. The number of morpholine rings is 1. The van der Waals surface area contributed by atoms with E-state index < -0.39 is 0 Å². The third kappa shape index (κ3) is 6.74. The minimum absolute atomic E-state index is 0.201. The molecular formula is C32H39N3O3. The van der Waals surface area contributed by atoms with E-state index >= 15 is 0 Å². The fraction of sp³-hybridized carbons (Fsp3) is 0.406. The van der Waals surface area contributed by atoms with Crippen LogP contribution < -0.4 is 0 Å². The van der Waals surface area contributed by atoms with Crippen LogP contribution in [0.3, 0.4) is 0 Å². The van der Waals surface area contributed by atoms with Gasteiger partial charge in [-0.1, -0.05) is 42.5 Å². The first-order valence-corrected chi connectivity index (χ1v) is 13.9. The summed E-state index contributed by atoms with van der Waals surface area (Å²) in [5, 5.41) is 1.28. The number of aryl methyl sites for hydroxylation is 2. The Hall–Kier alpha value is -3.35. The smallest absolute Gasteiger partial charge is 0.222 e. The summed E-state index contributed by atoms with van der Waals surface area (Å²) in [6.07, 6.45) is 7.17. The third-order valence-corrected chi connectivity index (χ3v) is 7.60. The molecule has 6 nitrogen and oxygen atoms in total. The van der Waals surface area contributed by atoms with Crippen molar-refractivity contribution in [2.24, 2.45) is 0 Å². The van der Waals surface area contributed by atoms with Crippen LogP contribution in [-0.2, 0) is 29.0 Å². The molecule has 1 aliphatic heterocycles. The molecule has 4 aromatic rings. The van der Waals surface area contributed by atoms with E-state index in [9.17, 15) is 4.79 Å². The van der Waals surface area contributed by atoms with Crippen molar-refractivity contribution in [1.82, 2.24) is 14.4 Å². The zero-order chi connectivity index (χ0) is 26.2. The van der Waals surface area contributed by atoms with E-state index in [0.717, 1.165) is 71.0 Å². The molecule has 0 spiro atoms. The van der Waals surface area contributed by atoms with Crippen LogP contribution >= 0.6 is 0 Å². The Bertz CT molecular complexity index is 1300. The molecule has 0 N–H and O–H groups in total. The molecule has 2 aromatic heterocycles. The van der Waals surface area contributed by atoms with Gasteiger partial charge in [-0.05, 0) is 61.1 Å². The molecule has 0 radical (unpaired) electrons. The van der Waals surface area contributed by atoms with Crippen molar-refractivity contribution in [2.45, 2.75) is 45.7 Å². The molecule has 1 fully saturated rings. The highest BCUT2D eigenvalue weighted by Crippen LogP contribution is 2.25. The second kappa shape index (κ2) is 12.9. The maximum atomic E-state index is 13.3. The number of carbonyl (C=O) groups is 1. The van der Waals surface area contributed by atoms with Crippen molar-refractivity contribution in [2.75, 3.05) is 39.4 Å². The third-order valence-electron chi connectivity index (χ3n) is 7.60. The van der Waals surface area contributed by atoms with Crippen molar-refractivity contribution >= 4 is 16.8 Å². The predicted octanol–water partition coefficient (Wildman–Crippen LogP) is 5.66. The SMILES string of the molecule is Cc1ccccc1Cn1cc(CCCC(=O)N(CCCN2CCOCC2)Cc2ccco2)c2ccccc21. The second-order valence-corrected chi connectivity index (χ2v) is 10.3. The predicted molar refractivity (Wildman–Crippen MR) is 151 cm³/mol. The molecule has 0 unspecified atom stereocenters. The van der Waals surface area contributed by atoms with Gasteiger partial charge in [0, 0.05) is 56.2 Å². The molecule has 1 saturated heterocycles. The van der Waals surface area contributed by atoms with Crippen molar-refractivity contribution in [3.63, 3.8) is 0 Å². The molecule has 1 aliphatic rings. The minimum Gasteiger partial charge on any atom is -0.467 e. The average molecular weight is 514 g/mol. The number of aromatic nitrogens is 1. The zero-order valence-corrected chi connectivity index (χ0v) is 22.5. The van der Waals surface area contributed by atoms with E-state index in [4.69, 9.17) is 9.15 Å². The summed E-state index contributed by atoms with van der Waals surface area (Å²) < 4.78 is 13.4. The molecular weight excluding hydrogens is 474 g/mol. The highest BCUT2D eigenvalue weighted by atomic mass is 16.5. The van der Waals surface area contributed by atoms with Crippen LogP contribution in [0.15, 0.2) is 77.5 Å². The summed E-state index contributed by atoms with van der Waals surface area (Å²) >= 11 is 0. The van der Waals surface area contributed by atoms with Gasteiger partial charge in [0.1, 0.15) is 5.76 Å². The van der Waals surface area contributed by atoms with Crippen LogP contribution in [0.4, 0.5) is 0 Å². The fourth-order valence-corrected chi connectivity index (χ4v) is 5.40. The molecule has 6 heteroatoms. The maximum Gasteiger partial charge on any atom is 0.222 e. The number of hydrogen-bond acceptors (Lipinski definition) is 4. The molecule has 5 rings (SSSR count). The summed E-state index contributed by atoms with van der Waals surface area (Å²) in [6, 6.07) is 21.0. The van der Waals surface area contributed by atoms with Gasteiger partial charge in [0.25, 0.3) is 0 Å². The lowest BCUT2D eigenvalue weighted by molar-refractivity contribution is -0.132. The fourth-order valence-electron chi connectivity index (χ4n) is 5.40. The van der Waals surface area contributed by atoms with Crippen molar-refractivity contribution in [3.05, 3.63) is 95.6 Å². The van der Waals surface area contributed by atoms with Gasteiger partial charge in [-0.15, -0.1) is 0 Å². The van der Waals surface area contributed by atoms with Crippen molar-refractivity contribution < 1.29 is 13.9 Å². The monoisotopic (exact) mass is 513 g/mol. The van der Waals surface area contributed by atoms with Crippen molar-refractivity contribution in [3.8, 4) is 0 Å². The van der Waals surface area contributed by atoms with E-state index in [1.54, 1.807) is 6.26 Å². The first-order valence-electron chi connectivity index (χ1n) is 13.9. The standard InChI is InChI=1S/C32H39N3O3/c1-26-9-2-3-10-27(26)23-35-24-28(30-13-4-5-14-31(30)35)11-6-15-32(36)34(25-29-12-7-20-38-29)17-8-16-33-18-21-37-22-19-33/h2-5,7,9-10,12-14,20,24H,6,8,11,15-19,21-23,25H2,1H3. The van der Waals surface area contributed by atoms with Gasteiger partial charge >= 0.3 is 0 Å². The summed E-state index contributed by atoms with van der Waals surface area (Å²) in [5.41, 5.74) is 5.20. The second-order valence-electron chi connectivity index (χ2n) is 10.3. The number of furan rings is 1. The maximum absolute atomic E-state index is 13.3. The molecule has 0 aliphatic carbocycles. The Morgan fingerprint density at radius 3 is 2.58 bits per heavy atom. The highest BCUT2D eigenvalue weighted by molar-refractivity contribution is 5.84. The topological polar surface area (TPSA) is 50.9 Å². The zero-order valence-electron chi connectivity index (χ0n) is 22.5. The van der Waals surface area contributed by atoms with Crippen molar-refractivity contribution in [1.29, 1.82) is 0 Å². The number of carbonyl (C=O) groups excluding carboxylic acids is 1. The lowest BCUT2D eigenvalue weighted by Gasteiger charge is -2.28. The Morgan fingerprint density at radius 2 is 1.76 bits per heavy atom. The molecule has 0 saturated carbocycles. The number of para-hydroxylation sites is 1. The summed E-state index contributed by atoms with van der Waals surface area (Å²) in [5.74, 6) is 1.04. The Kier molecular flexibility index (Phi) is 8.94. The van der Waals surface area contributed by atoms with Crippen LogP contribution in [0.5, 0.6) is 0 Å². The first-order chi connectivity index (χ1) is 18.7. The van der Waals surface area contributed by atoms with Crippen LogP contribution in [0.2, 0.25) is 0 Å². The average Bonchev–Trinajstić information content (AvgIpc) is 3.58. The molecule has 0 atom stereocenters. The van der Waals surface area contributed by atoms with Gasteiger partial charge < -0.3 is 18.6 Å². The van der Waals surface area contributed by atoms with Gasteiger partial charge in [0.15, 0.2) is 0 Å². The van der Waals surface area contributed by atoms with Gasteiger partial charge in [0.05, 0.1) is 26.0 Å². The molecule has 2 aromatic carbocycles. The summed E-state index contributed by atoms with van der Waals surface area (Å²) in [7, 11) is 0. The van der Waals surface area contributed by atoms with Gasteiger partial charge in [-0.2, -0.15) is 0 Å². The number of fused-ring (bicyclic) bond motifs is 1. The van der Waals surface area contributed by atoms with Crippen LogP contribution in [0.25, 0.3) is 10.9 Å². The number of nitrogens with zero attached hydrogens (tertiary/aromatic N) is 3. The molecule has 0 bridgehead atoms. The molecule has 200 valence electrons. The van der Waals surface area contributed by atoms with E-state index in [0.29, 0.717) is 13.0 Å².